The monoisotopic (exact) mass is 240 g/mol. The summed E-state index contributed by atoms with van der Waals surface area (Å²) in [5.74, 6) is 0. The molecule has 0 spiro atoms. The van der Waals surface area contributed by atoms with Crippen LogP contribution in [0.1, 0.15) is 15.6 Å². The highest BCUT2D eigenvalue weighted by Crippen LogP contribution is 2.20. The highest BCUT2D eigenvalue weighted by Gasteiger charge is 2.27. The molecule has 1 rings (SSSR count). The minimum Gasteiger partial charge on any atom is -0.365 e. The van der Waals surface area contributed by atoms with E-state index in [1.54, 1.807) is 6.92 Å². The summed E-state index contributed by atoms with van der Waals surface area (Å²) in [6.07, 6.45) is -4.29. The summed E-state index contributed by atoms with van der Waals surface area (Å²) in [6, 6.07) is 0. The second-order valence-corrected chi connectivity index (χ2v) is 4.10. The van der Waals surface area contributed by atoms with Crippen molar-refractivity contribution in [2.75, 3.05) is 6.61 Å². The molecular formula is C8H11F3N2OS. The minimum absolute atomic E-state index is 0.120. The van der Waals surface area contributed by atoms with E-state index in [1.807, 2.05) is 0 Å². The molecule has 0 atom stereocenters. The molecule has 15 heavy (non-hydrogen) atoms. The maximum atomic E-state index is 11.7. The van der Waals surface area contributed by atoms with Crippen LogP contribution < -0.4 is 5.73 Å². The Morgan fingerprint density at radius 1 is 1.47 bits per heavy atom. The van der Waals surface area contributed by atoms with Crippen molar-refractivity contribution in [1.82, 2.24) is 4.98 Å². The van der Waals surface area contributed by atoms with Crippen molar-refractivity contribution in [2.45, 2.75) is 26.3 Å². The molecule has 2 N–H and O–H groups in total. The SMILES string of the molecule is Cc1nc(COCC(F)(F)F)sc1CN. The Bertz CT molecular complexity index is 324. The van der Waals surface area contributed by atoms with Crippen molar-refractivity contribution >= 4 is 11.3 Å². The number of halogens is 3. The number of rotatable bonds is 4. The molecule has 0 fully saturated rings. The van der Waals surface area contributed by atoms with Crippen LogP contribution in [0.5, 0.6) is 0 Å². The van der Waals surface area contributed by atoms with Gasteiger partial charge < -0.3 is 10.5 Å². The number of hydrogen-bond donors (Lipinski definition) is 1. The molecule has 1 heterocycles. The minimum atomic E-state index is -4.29. The maximum absolute atomic E-state index is 11.7. The third kappa shape index (κ3) is 4.15. The number of hydrogen-bond acceptors (Lipinski definition) is 4. The lowest BCUT2D eigenvalue weighted by atomic mass is 10.4. The van der Waals surface area contributed by atoms with Gasteiger partial charge in [0, 0.05) is 11.4 Å². The lowest BCUT2D eigenvalue weighted by Crippen LogP contribution is -2.16. The van der Waals surface area contributed by atoms with Crippen molar-refractivity contribution in [3.63, 3.8) is 0 Å². The molecule has 0 saturated carbocycles. The largest absolute Gasteiger partial charge is 0.411 e. The maximum Gasteiger partial charge on any atom is 0.411 e. The molecule has 0 amide bonds. The predicted octanol–water partition coefficient (Wildman–Crippen LogP) is 1.99. The van der Waals surface area contributed by atoms with Crippen LogP contribution in [-0.2, 0) is 17.9 Å². The number of nitrogens with two attached hydrogens (primary N) is 1. The normalized spacial score (nSPS) is 12.1. The van der Waals surface area contributed by atoms with Crippen LogP contribution in [0.15, 0.2) is 0 Å². The van der Waals surface area contributed by atoms with Crippen LogP contribution >= 0.6 is 11.3 Å². The van der Waals surface area contributed by atoms with E-state index in [0.717, 1.165) is 10.6 Å². The quantitative estimate of drug-likeness (QED) is 0.875. The Hall–Kier alpha value is -0.660. The molecule has 0 aromatic carbocycles. The van der Waals surface area contributed by atoms with Gasteiger partial charge in [0.15, 0.2) is 0 Å². The van der Waals surface area contributed by atoms with Gasteiger partial charge in [-0.2, -0.15) is 13.2 Å². The van der Waals surface area contributed by atoms with E-state index in [0.29, 0.717) is 11.6 Å². The fraction of sp³-hybridized carbons (Fsp3) is 0.625. The van der Waals surface area contributed by atoms with Gasteiger partial charge in [-0.25, -0.2) is 4.98 Å². The highest BCUT2D eigenvalue weighted by atomic mass is 32.1. The first-order chi connectivity index (χ1) is 6.92. The summed E-state index contributed by atoms with van der Waals surface area (Å²) >= 11 is 1.28. The van der Waals surface area contributed by atoms with Crippen LogP contribution in [0.2, 0.25) is 0 Å². The Morgan fingerprint density at radius 3 is 2.60 bits per heavy atom. The van der Waals surface area contributed by atoms with Crippen LogP contribution in [0.3, 0.4) is 0 Å². The van der Waals surface area contributed by atoms with Crippen LogP contribution in [0.25, 0.3) is 0 Å². The molecule has 7 heteroatoms. The third-order valence-electron chi connectivity index (χ3n) is 1.61. The lowest BCUT2D eigenvalue weighted by Gasteiger charge is -2.05. The highest BCUT2D eigenvalue weighted by molar-refractivity contribution is 7.11. The summed E-state index contributed by atoms with van der Waals surface area (Å²) < 4.78 is 39.7. The van der Waals surface area contributed by atoms with Crippen molar-refractivity contribution in [1.29, 1.82) is 0 Å². The Labute approximate surface area is 89.1 Å². The van der Waals surface area contributed by atoms with Gasteiger partial charge in [0.05, 0.1) is 12.3 Å². The van der Waals surface area contributed by atoms with E-state index in [2.05, 4.69) is 9.72 Å². The number of nitrogens with zero attached hydrogens (tertiary/aromatic N) is 1. The topological polar surface area (TPSA) is 48.1 Å². The van der Waals surface area contributed by atoms with Gasteiger partial charge >= 0.3 is 6.18 Å². The van der Waals surface area contributed by atoms with E-state index < -0.39 is 12.8 Å². The molecule has 1 aromatic rings. The van der Waals surface area contributed by atoms with Crippen molar-refractivity contribution in [2.24, 2.45) is 5.73 Å². The third-order valence-corrected chi connectivity index (χ3v) is 2.77. The van der Waals surface area contributed by atoms with Crippen molar-refractivity contribution in [3.8, 4) is 0 Å². The van der Waals surface area contributed by atoms with Gasteiger partial charge in [-0.15, -0.1) is 11.3 Å². The average Bonchev–Trinajstić information content (AvgIpc) is 2.44. The summed E-state index contributed by atoms with van der Waals surface area (Å²) in [7, 11) is 0. The summed E-state index contributed by atoms with van der Waals surface area (Å²) in [5, 5.41) is 0.525. The van der Waals surface area contributed by atoms with Gasteiger partial charge in [-0.05, 0) is 6.92 Å². The molecule has 0 aliphatic carbocycles. The molecule has 0 radical (unpaired) electrons. The van der Waals surface area contributed by atoms with Gasteiger partial charge in [0.1, 0.15) is 11.6 Å². The second-order valence-electron chi connectivity index (χ2n) is 2.93. The first-order valence-corrected chi connectivity index (χ1v) is 5.04. The number of aromatic nitrogens is 1. The Morgan fingerprint density at radius 2 is 2.13 bits per heavy atom. The fourth-order valence-electron chi connectivity index (χ4n) is 0.993. The zero-order valence-electron chi connectivity index (χ0n) is 8.10. The molecule has 0 aliphatic heterocycles. The summed E-state index contributed by atoms with van der Waals surface area (Å²) in [4.78, 5) is 4.92. The molecule has 3 nitrogen and oxygen atoms in total. The molecule has 0 unspecified atom stereocenters. The standard InChI is InChI=1S/C8H11F3N2OS/c1-5-6(2-12)15-7(13-5)3-14-4-8(9,10)11/h2-4,12H2,1H3. The summed E-state index contributed by atoms with van der Waals surface area (Å²) in [6.45, 7) is 0.753. The Balaban J connectivity index is 2.44. The smallest absolute Gasteiger partial charge is 0.365 e. The number of ether oxygens (including phenoxy) is 1. The van der Waals surface area contributed by atoms with Crippen molar-refractivity contribution in [3.05, 3.63) is 15.6 Å². The fourth-order valence-corrected chi connectivity index (χ4v) is 1.88. The molecule has 86 valence electrons. The summed E-state index contributed by atoms with van der Waals surface area (Å²) in [5.41, 5.74) is 6.17. The van der Waals surface area contributed by atoms with E-state index in [4.69, 9.17) is 5.73 Å². The molecule has 1 aromatic heterocycles. The Kier molecular flexibility index (Phi) is 4.06. The van der Waals surface area contributed by atoms with Gasteiger partial charge in [0.2, 0.25) is 0 Å². The van der Waals surface area contributed by atoms with Crippen LogP contribution in [0, 0.1) is 6.92 Å². The second kappa shape index (κ2) is 4.91. The first-order valence-electron chi connectivity index (χ1n) is 4.22. The van der Waals surface area contributed by atoms with Crippen LogP contribution in [-0.4, -0.2) is 17.8 Å². The van der Waals surface area contributed by atoms with Crippen molar-refractivity contribution < 1.29 is 17.9 Å². The zero-order valence-corrected chi connectivity index (χ0v) is 8.91. The van der Waals surface area contributed by atoms with E-state index in [9.17, 15) is 13.2 Å². The first kappa shape index (κ1) is 12.4. The van der Waals surface area contributed by atoms with Gasteiger partial charge in [-0.1, -0.05) is 0 Å². The number of aryl methyl sites for hydroxylation is 1. The molecule has 0 aliphatic rings. The van der Waals surface area contributed by atoms with Crippen LogP contribution in [0.4, 0.5) is 13.2 Å². The van der Waals surface area contributed by atoms with E-state index >= 15 is 0 Å². The number of thiazole rings is 1. The molecule has 0 saturated heterocycles. The van der Waals surface area contributed by atoms with Gasteiger partial charge in [-0.3, -0.25) is 0 Å². The average molecular weight is 240 g/mol. The molecular weight excluding hydrogens is 229 g/mol. The predicted molar refractivity (Wildman–Crippen MR) is 50.5 cm³/mol. The molecule has 0 bridgehead atoms. The van der Waals surface area contributed by atoms with Gasteiger partial charge in [0.25, 0.3) is 0 Å². The van der Waals surface area contributed by atoms with E-state index in [-0.39, 0.29) is 6.61 Å². The zero-order chi connectivity index (χ0) is 11.5. The van der Waals surface area contributed by atoms with E-state index in [1.165, 1.54) is 11.3 Å². The number of alkyl halides is 3. The lowest BCUT2D eigenvalue weighted by molar-refractivity contribution is -0.176.